The molecular weight excluding hydrogens is 200 g/mol. The molecule has 0 radical (unpaired) electrons. The van der Waals surface area contributed by atoms with Gasteiger partial charge in [-0.15, -0.1) is 0 Å². The van der Waals surface area contributed by atoms with Crippen LogP contribution in [0.25, 0.3) is 0 Å². The molecule has 0 aromatic carbocycles. The van der Waals surface area contributed by atoms with Crippen molar-refractivity contribution in [1.82, 2.24) is 0 Å². The van der Waals surface area contributed by atoms with Gasteiger partial charge in [0.15, 0.2) is 0 Å². The molecule has 0 rings (SSSR count). The highest BCUT2D eigenvalue weighted by Gasteiger charge is 2.15. The van der Waals surface area contributed by atoms with Crippen molar-refractivity contribution in [3.05, 3.63) is 0 Å². The minimum atomic E-state index is -0.464. The van der Waals surface area contributed by atoms with Crippen LogP contribution in [-0.2, 0) is 23.8 Å². The second-order valence-electron chi connectivity index (χ2n) is 3.33. The van der Waals surface area contributed by atoms with Crippen LogP contribution in [0.2, 0.25) is 0 Å². The molecule has 0 heterocycles. The van der Waals surface area contributed by atoms with E-state index >= 15 is 0 Å². The Bertz CT molecular complexity index is 214. The largest absolute Gasteiger partial charge is 0.469 e. The highest BCUT2D eigenvalue weighted by Crippen LogP contribution is 2.04. The molecule has 0 amide bonds. The zero-order valence-electron chi connectivity index (χ0n) is 9.61. The number of rotatable bonds is 6. The summed E-state index contributed by atoms with van der Waals surface area (Å²) in [5.74, 6) is -0.768. The number of methoxy groups -OCH3 is 2. The molecule has 5 heteroatoms. The van der Waals surface area contributed by atoms with E-state index in [0.29, 0.717) is 0 Å². The van der Waals surface area contributed by atoms with Crippen molar-refractivity contribution in [2.24, 2.45) is 0 Å². The lowest BCUT2D eigenvalue weighted by Gasteiger charge is -2.13. The van der Waals surface area contributed by atoms with Crippen molar-refractivity contribution in [3.63, 3.8) is 0 Å². The zero-order chi connectivity index (χ0) is 11.8. The van der Waals surface area contributed by atoms with Crippen molar-refractivity contribution in [2.75, 3.05) is 14.2 Å². The molecule has 0 N–H and O–H groups in total. The first-order valence-electron chi connectivity index (χ1n) is 4.78. The summed E-state index contributed by atoms with van der Waals surface area (Å²) in [7, 11) is 2.82. The number of carbonyl (C=O) groups is 2. The van der Waals surface area contributed by atoms with Crippen LogP contribution in [0.5, 0.6) is 0 Å². The summed E-state index contributed by atoms with van der Waals surface area (Å²) in [6.07, 6.45) is -0.386. The molecule has 0 unspecified atom stereocenters. The maximum Gasteiger partial charge on any atom is 0.309 e. The lowest BCUT2D eigenvalue weighted by Crippen LogP contribution is -2.22. The fraction of sp³-hybridized carbons (Fsp3) is 0.800. The lowest BCUT2D eigenvalue weighted by atomic mass is 10.2. The standard InChI is InChI=1S/C10H18O5/c1-7(13-3)5-10(12)15-8(2)6-9(11)14-4/h7-8H,5-6H2,1-4H3/t7-,8-/m1/s1. The van der Waals surface area contributed by atoms with Gasteiger partial charge in [0.25, 0.3) is 0 Å². The van der Waals surface area contributed by atoms with Crippen LogP contribution in [0.3, 0.4) is 0 Å². The molecule has 0 saturated heterocycles. The number of hydrogen-bond donors (Lipinski definition) is 0. The monoisotopic (exact) mass is 218 g/mol. The van der Waals surface area contributed by atoms with Gasteiger partial charge in [0.1, 0.15) is 6.10 Å². The Morgan fingerprint density at radius 2 is 1.53 bits per heavy atom. The molecule has 0 aliphatic rings. The Balaban J connectivity index is 3.81. The van der Waals surface area contributed by atoms with Crippen LogP contribution >= 0.6 is 0 Å². The predicted octanol–water partition coefficient (Wildman–Crippen LogP) is 0.906. The molecule has 0 fully saturated rings. The van der Waals surface area contributed by atoms with E-state index in [1.165, 1.54) is 14.2 Å². The second kappa shape index (κ2) is 7.23. The number of carbonyl (C=O) groups excluding carboxylic acids is 2. The normalized spacial score (nSPS) is 14.1. The van der Waals surface area contributed by atoms with Gasteiger partial charge in [-0.05, 0) is 13.8 Å². The topological polar surface area (TPSA) is 61.8 Å². The summed E-state index contributed by atoms with van der Waals surface area (Å²) in [6.45, 7) is 3.42. The van der Waals surface area contributed by atoms with Crippen LogP contribution in [-0.4, -0.2) is 38.4 Å². The summed E-state index contributed by atoms with van der Waals surface area (Å²) in [5, 5.41) is 0. The van der Waals surface area contributed by atoms with Gasteiger partial charge < -0.3 is 14.2 Å². The van der Waals surface area contributed by atoms with E-state index in [4.69, 9.17) is 9.47 Å². The molecule has 2 atom stereocenters. The smallest absolute Gasteiger partial charge is 0.309 e. The first kappa shape index (κ1) is 13.9. The predicted molar refractivity (Wildman–Crippen MR) is 53.3 cm³/mol. The van der Waals surface area contributed by atoms with Crippen molar-refractivity contribution >= 4 is 11.9 Å². The highest BCUT2D eigenvalue weighted by atomic mass is 16.6. The van der Waals surface area contributed by atoms with Gasteiger partial charge in [0.05, 0.1) is 26.1 Å². The van der Waals surface area contributed by atoms with E-state index in [0.717, 1.165) is 0 Å². The van der Waals surface area contributed by atoms with Gasteiger partial charge in [0, 0.05) is 7.11 Å². The van der Waals surface area contributed by atoms with E-state index in [1.54, 1.807) is 13.8 Å². The molecule has 0 aliphatic carbocycles. The molecule has 88 valence electrons. The van der Waals surface area contributed by atoms with Crippen LogP contribution < -0.4 is 0 Å². The van der Waals surface area contributed by atoms with Crippen molar-refractivity contribution in [1.29, 1.82) is 0 Å². The Labute approximate surface area is 89.7 Å². The molecule has 5 nitrogen and oxygen atoms in total. The molecule has 0 aromatic heterocycles. The van der Waals surface area contributed by atoms with Crippen molar-refractivity contribution in [2.45, 2.75) is 38.9 Å². The number of hydrogen-bond acceptors (Lipinski definition) is 5. The van der Waals surface area contributed by atoms with Gasteiger partial charge in [0.2, 0.25) is 0 Å². The minimum absolute atomic E-state index is 0.0730. The molecule has 15 heavy (non-hydrogen) atoms. The van der Waals surface area contributed by atoms with Gasteiger partial charge >= 0.3 is 11.9 Å². The molecular formula is C10H18O5. The van der Waals surface area contributed by atoms with Gasteiger partial charge in [-0.1, -0.05) is 0 Å². The maximum absolute atomic E-state index is 11.2. The highest BCUT2D eigenvalue weighted by molar-refractivity contribution is 5.72. The summed E-state index contributed by atoms with van der Waals surface area (Å²) >= 11 is 0. The third-order valence-electron chi connectivity index (χ3n) is 1.87. The van der Waals surface area contributed by atoms with E-state index in [9.17, 15) is 9.59 Å². The Morgan fingerprint density at radius 1 is 1.00 bits per heavy atom. The second-order valence-corrected chi connectivity index (χ2v) is 3.33. The minimum Gasteiger partial charge on any atom is -0.469 e. The average Bonchev–Trinajstić information content (AvgIpc) is 2.16. The quantitative estimate of drug-likeness (QED) is 0.620. The number of esters is 2. The van der Waals surface area contributed by atoms with Gasteiger partial charge in [-0.25, -0.2) is 0 Å². The van der Waals surface area contributed by atoms with Crippen LogP contribution in [0, 0.1) is 0 Å². The zero-order valence-corrected chi connectivity index (χ0v) is 9.61. The van der Waals surface area contributed by atoms with E-state index < -0.39 is 12.1 Å². The summed E-state index contributed by atoms with van der Waals surface area (Å²) in [5.41, 5.74) is 0. The summed E-state index contributed by atoms with van der Waals surface area (Å²) < 4.78 is 14.3. The Kier molecular flexibility index (Phi) is 6.70. The Morgan fingerprint density at radius 3 is 2.00 bits per heavy atom. The molecule has 0 bridgehead atoms. The summed E-state index contributed by atoms with van der Waals surface area (Å²) in [6, 6.07) is 0. The first-order chi connectivity index (χ1) is 6.99. The third-order valence-corrected chi connectivity index (χ3v) is 1.87. The van der Waals surface area contributed by atoms with Crippen molar-refractivity contribution in [3.8, 4) is 0 Å². The molecule has 0 aliphatic heterocycles. The van der Waals surface area contributed by atoms with Gasteiger partial charge in [-0.2, -0.15) is 0 Å². The van der Waals surface area contributed by atoms with E-state index in [2.05, 4.69) is 4.74 Å². The van der Waals surface area contributed by atoms with Gasteiger partial charge in [-0.3, -0.25) is 9.59 Å². The summed E-state index contributed by atoms with van der Waals surface area (Å²) in [4.78, 5) is 22.1. The fourth-order valence-corrected chi connectivity index (χ4v) is 0.950. The van der Waals surface area contributed by atoms with Crippen LogP contribution in [0.15, 0.2) is 0 Å². The van der Waals surface area contributed by atoms with E-state index in [-0.39, 0.29) is 24.9 Å². The third kappa shape index (κ3) is 6.90. The Hall–Kier alpha value is -1.10. The van der Waals surface area contributed by atoms with E-state index in [1.807, 2.05) is 0 Å². The molecule has 0 saturated carbocycles. The van der Waals surface area contributed by atoms with Crippen molar-refractivity contribution < 1.29 is 23.8 Å². The fourth-order valence-electron chi connectivity index (χ4n) is 0.950. The molecule has 0 spiro atoms. The van der Waals surface area contributed by atoms with Crippen LogP contribution in [0.4, 0.5) is 0 Å². The number of ether oxygens (including phenoxy) is 3. The SMILES string of the molecule is COC(=O)C[C@@H](C)OC(=O)C[C@@H](C)OC. The molecule has 0 aromatic rings. The maximum atomic E-state index is 11.2. The average molecular weight is 218 g/mol. The van der Waals surface area contributed by atoms with Crippen LogP contribution in [0.1, 0.15) is 26.7 Å². The lowest BCUT2D eigenvalue weighted by molar-refractivity contribution is -0.154. The first-order valence-corrected chi connectivity index (χ1v) is 4.78.